The first-order chi connectivity index (χ1) is 12.3. The molecule has 8 heteroatoms. The number of hydrogen-bond acceptors (Lipinski definition) is 3. The Morgan fingerprint density at radius 2 is 1.96 bits per heavy atom. The Kier molecular flexibility index (Phi) is 5.07. The van der Waals surface area contributed by atoms with Crippen molar-refractivity contribution in [3.63, 3.8) is 0 Å². The summed E-state index contributed by atoms with van der Waals surface area (Å²) in [5.74, 6) is -0.147. The zero-order valence-electron chi connectivity index (χ0n) is 15.0. The van der Waals surface area contributed by atoms with Gasteiger partial charge in [0, 0.05) is 37.5 Å². The van der Waals surface area contributed by atoms with Crippen LogP contribution in [-0.4, -0.2) is 37.8 Å². The molecule has 3 rings (SSSR count). The monoisotopic (exact) mass is 391 g/mol. The predicted molar refractivity (Wildman–Crippen MR) is 103 cm³/mol. The van der Waals surface area contributed by atoms with Crippen molar-refractivity contribution in [3.05, 3.63) is 57.0 Å². The fourth-order valence-electron chi connectivity index (χ4n) is 2.80. The summed E-state index contributed by atoms with van der Waals surface area (Å²) in [6.45, 7) is 4.41. The molecular formula is C18H19Cl2N5O. The van der Waals surface area contributed by atoms with E-state index in [2.05, 4.69) is 15.3 Å². The van der Waals surface area contributed by atoms with Crippen LogP contribution in [0.5, 0.6) is 0 Å². The summed E-state index contributed by atoms with van der Waals surface area (Å²) in [7, 11) is 3.65. The fraction of sp³-hybridized carbons (Fsp3) is 0.278. The van der Waals surface area contributed by atoms with Crippen molar-refractivity contribution in [3.8, 4) is 11.3 Å². The lowest BCUT2D eigenvalue weighted by Crippen LogP contribution is -2.27. The van der Waals surface area contributed by atoms with Gasteiger partial charge in [0.15, 0.2) is 0 Å². The number of amides is 1. The molecular weight excluding hydrogens is 373 g/mol. The molecule has 0 aliphatic carbocycles. The van der Waals surface area contributed by atoms with Gasteiger partial charge >= 0.3 is 0 Å². The Morgan fingerprint density at radius 3 is 2.58 bits per heavy atom. The number of carbonyl (C=O) groups excluding carboxylic acids is 1. The van der Waals surface area contributed by atoms with Crippen molar-refractivity contribution in [1.29, 1.82) is 0 Å². The van der Waals surface area contributed by atoms with E-state index < -0.39 is 0 Å². The maximum atomic E-state index is 12.7. The highest BCUT2D eigenvalue weighted by molar-refractivity contribution is 6.42. The number of hydrogen-bond donors (Lipinski definition) is 1. The Hall–Kier alpha value is -2.31. The van der Waals surface area contributed by atoms with E-state index in [1.54, 1.807) is 30.1 Å². The average molecular weight is 392 g/mol. The highest BCUT2D eigenvalue weighted by atomic mass is 35.5. The van der Waals surface area contributed by atoms with Gasteiger partial charge in [0.1, 0.15) is 5.69 Å². The number of nitrogens with one attached hydrogen (secondary N) is 1. The first kappa shape index (κ1) is 18.5. The molecule has 1 aromatic carbocycles. The third-order valence-electron chi connectivity index (χ3n) is 4.42. The molecule has 26 heavy (non-hydrogen) atoms. The number of benzene rings is 1. The number of aromatic nitrogens is 4. The number of rotatable bonds is 4. The molecule has 0 bridgehead atoms. The van der Waals surface area contributed by atoms with Crippen LogP contribution >= 0.6 is 23.2 Å². The van der Waals surface area contributed by atoms with Gasteiger partial charge in [0.25, 0.3) is 5.91 Å². The van der Waals surface area contributed by atoms with Gasteiger partial charge in [-0.3, -0.25) is 14.6 Å². The Morgan fingerprint density at radius 1 is 1.23 bits per heavy atom. The molecule has 0 saturated carbocycles. The minimum atomic E-state index is -0.147. The molecule has 6 nitrogen and oxygen atoms in total. The van der Waals surface area contributed by atoms with Crippen LogP contribution < -0.4 is 0 Å². The van der Waals surface area contributed by atoms with Crippen LogP contribution in [0, 0.1) is 13.8 Å². The molecule has 0 unspecified atom stereocenters. The van der Waals surface area contributed by atoms with Crippen molar-refractivity contribution in [2.45, 2.75) is 20.4 Å². The van der Waals surface area contributed by atoms with Crippen molar-refractivity contribution < 1.29 is 4.79 Å². The van der Waals surface area contributed by atoms with Gasteiger partial charge < -0.3 is 4.90 Å². The van der Waals surface area contributed by atoms with Crippen LogP contribution in [0.1, 0.15) is 27.4 Å². The lowest BCUT2D eigenvalue weighted by Gasteiger charge is -2.16. The van der Waals surface area contributed by atoms with Crippen LogP contribution in [0.4, 0.5) is 0 Å². The second-order valence-corrected chi connectivity index (χ2v) is 7.04. The zero-order valence-corrected chi connectivity index (χ0v) is 16.5. The van der Waals surface area contributed by atoms with Crippen LogP contribution in [0.3, 0.4) is 0 Å². The summed E-state index contributed by atoms with van der Waals surface area (Å²) >= 11 is 12.0. The van der Waals surface area contributed by atoms with Gasteiger partial charge in [0.2, 0.25) is 0 Å². The predicted octanol–water partition coefficient (Wildman–Crippen LogP) is 4.01. The lowest BCUT2D eigenvalue weighted by atomic mass is 10.1. The van der Waals surface area contributed by atoms with Crippen molar-refractivity contribution in [2.75, 3.05) is 7.05 Å². The largest absolute Gasteiger partial charge is 0.336 e. The zero-order chi connectivity index (χ0) is 19.0. The Balaban J connectivity index is 1.80. The topological polar surface area (TPSA) is 66.8 Å². The van der Waals surface area contributed by atoms with Gasteiger partial charge in [-0.25, -0.2) is 0 Å². The van der Waals surface area contributed by atoms with Crippen LogP contribution in [0.2, 0.25) is 10.0 Å². The van der Waals surface area contributed by atoms with Crippen LogP contribution in [0.25, 0.3) is 11.3 Å². The summed E-state index contributed by atoms with van der Waals surface area (Å²) < 4.78 is 1.82. The SMILES string of the molecule is Cc1nn(C)c(C)c1CN(C)C(=O)c1cc(-c2ccc(Cl)c(Cl)c2)n[nH]1. The van der Waals surface area contributed by atoms with Gasteiger partial charge in [0.05, 0.1) is 21.4 Å². The van der Waals surface area contributed by atoms with E-state index in [1.807, 2.05) is 31.6 Å². The molecule has 2 heterocycles. The van der Waals surface area contributed by atoms with Crippen molar-refractivity contribution in [2.24, 2.45) is 7.05 Å². The van der Waals surface area contributed by atoms with Crippen molar-refractivity contribution >= 4 is 29.1 Å². The first-order valence-electron chi connectivity index (χ1n) is 8.03. The van der Waals surface area contributed by atoms with E-state index in [9.17, 15) is 4.79 Å². The molecule has 0 aliphatic heterocycles. The van der Waals surface area contributed by atoms with Gasteiger partial charge in [-0.1, -0.05) is 29.3 Å². The molecule has 0 fully saturated rings. The third-order valence-corrected chi connectivity index (χ3v) is 5.16. The molecule has 0 spiro atoms. The van der Waals surface area contributed by atoms with E-state index in [0.717, 1.165) is 22.5 Å². The number of H-pyrrole nitrogens is 1. The molecule has 136 valence electrons. The molecule has 2 aromatic heterocycles. The Bertz CT molecular complexity index is 976. The lowest BCUT2D eigenvalue weighted by molar-refractivity contribution is 0.0779. The van der Waals surface area contributed by atoms with E-state index in [1.165, 1.54) is 0 Å². The van der Waals surface area contributed by atoms with Gasteiger partial charge in [-0.05, 0) is 32.0 Å². The van der Waals surface area contributed by atoms with Crippen LogP contribution in [-0.2, 0) is 13.6 Å². The molecule has 1 N–H and O–H groups in total. The molecule has 0 saturated heterocycles. The summed E-state index contributed by atoms with van der Waals surface area (Å²) in [5, 5.41) is 12.3. The highest BCUT2D eigenvalue weighted by Crippen LogP contribution is 2.28. The first-order valence-corrected chi connectivity index (χ1v) is 8.79. The van der Waals surface area contributed by atoms with E-state index in [-0.39, 0.29) is 5.91 Å². The number of halogens is 2. The number of nitrogens with zero attached hydrogens (tertiary/aromatic N) is 4. The smallest absolute Gasteiger partial charge is 0.271 e. The van der Waals surface area contributed by atoms with Gasteiger partial charge in [-0.2, -0.15) is 10.2 Å². The highest BCUT2D eigenvalue weighted by Gasteiger charge is 2.19. The van der Waals surface area contributed by atoms with E-state index in [0.29, 0.717) is 28.0 Å². The maximum absolute atomic E-state index is 12.7. The second kappa shape index (κ2) is 7.13. The second-order valence-electron chi connectivity index (χ2n) is 6.23. The number of aromatic amines is 1. The van der Waals surface area contributed by atoms with Crippen LogP contribution in [0.15, 0.2) is 24.3 Å². The Labute approximate surface area is 161 Å². The van der Waals surface area contributed by atoms with Crippen molar-refractivity contribution in [1.82, 2.24) is 24.9 Å². The van der Waals surface area contributed by atoms with E-state index in [4.69, 9.17) is 23.2 Å². The minimum absolute atomic E-state index is 0.147. The summed E-state index contributed by atoms with van der Waals surface area (Å²) in [5.41, 5.74) is 4.85. The molecule has 0 radical (unpaired) electrons. The summed E-state index contributed by atoms with van der Waals surface area (Å²) in [4.78, 5) is 14.4. The summed E-state index contributed by atoms with van der Waals surface area (Å²) in [6, 6.07) is 6.95. The number of carbonyl (C=O) groups is 1. The summed E-state index contributed by atoms with van der Waals surface area (Å²) in [6.07, 6.45) is 0. The normalized spacial score (nSPS) is 11.0. The molecule has 0 atom stereocenters. The standard InChI is InChI=1S/C18H19Cl2N5O/c1-10-13(11(2)25(4)23-10)9-24(3)18(26)17-8-16(21-22-17)12-5-6-14(19)15(20)7-12/h5-8H,9H2,1-4H3,(H,21,22). The molecule has 3 aromatic rings. The van der Waals surface area contributed by atoms with Gasteiger partial charge in [-0.15, -0.1) is 0 Å². The fourth-order valence-corrected chi connectivity index (χ4v) is 3.09. The van der Waals surface area contributed by atoms with E-state index >= 15 is 0 Å². The maximum Gasteiger partial charge on any atom is 0.271 e. The third kappa shape index (κ3) is 3.48. The minimum Gasteiger partial charge on any atom is -0.336 e. The molecule has 1 amide bonds. The average Bonchev–Trinajstić information content (AvgIpc) is 3.18. The molecule has 0 aliphatic rings. The quantitative estimate of drug-likeness (QED) is 0.730. The number of aryl methyl sites for hydroxylation is 2.